The molecule has 0 saturated heterocycles. The van der Waals surface area contributed by atoms with Gasteiger partial charge in [0.2, 0.25) is 0 Å². The van der Waals surface area contributed by atoms with Gasteiger partial charge in [0.1, 0.15) is 0 Å². The van der Waals surface area contributed by atoms with E-state index in [9.17, 15) is 0 Å². The van der Waals surface area contributed by atoms with Gasteiger partial charge in [0, 0.05) is 11.9 Å². The molecule has 0 heterocycles. The zero-order valence-corrected chi connectivity index (χ0v) is 18.5. The Labute approximate surface area is 153 Å². The van der Waals surface area contributed by atoms with E-state index in [0.717, 1.165) is 13.8 Å². The van der Waals surface area contributed by atoms with Crippen LogP contribution in [0.4, 0.5) is 0 Å². The number of carbonyl (C=O) groups is 2. The summed E-state index contributed by atoms with van der Waals surface area (Å²) in [5.41, 5.74) is 0. The third-order valence-corrected chi connectivity index (χ3v) is 6.95. The van der Waals surface area contributed by atoms with Crippen molar-refractivity contribution in [3.05, 3.63) is 0 Å². The van der Waals surface area contributed by atoms with Crippen LogP contribution in [0.25, 0.3) is 0 Å². The second kappa shape index (κ2) is 26.6. The van der Waals surface area contributed by atoms with Crippen LogP contribution >= 0.6 is 0 Å². The van der Waals surface area contributed by atoms with Crippen molar-refractivity contribution in [3.63, 3.8) is 0 Å². The first-order valence-electron chi connectivity index (χ1n) is 8.94. The summed E-state index contributed by atoms with van der Waals surface area (Å²) in [5, 5.41) is 17.8. The van der Waals surface area contributed by atoms with Gasteiger partial charge in [-0.15, -0.1) is 0 Å². The van der Waals surface area contributed by atoms with Crippen molar-refractivity contribution in [3.8, 4) is 0 Å². The van der Waals surface area contributed by atoms with E-state index in [1.807, 2.05) is 0 Å². The molecule has 0 aliphatic carbocycles. The van der Waals surface area contributed by atoms with Gasteiger partial charge < -0.3 is 19.8 Å². The van der Waals surface area contributed by atoms with E-state index in [2.05, 4.69) is 13.8 Å². The standard InChI is InChI=1S/2C7H15.2C2H4O2.Sn/c2*1-3-5-7-6-4-2;2*1-2(3)4;/h2*1,3-7H2,2H3;2*1H3,(H,3,4);/q;;;;+2/p-2. The minimum absolute atomic E-state index is 0.0871. The van der Waals surface area contributed by atoms with Gasteiger partial charge in [0.15, 0.2) is 0 Å². The average molecular weight is 435 g/mol. The fourth-order valence-electron chi connectivity index (χ4n) is 1.83. The Bertz CT molecular complexity index is 213. The molecule has 0 aliphatic heterocycles. The summed E-state index contributed by atoms with van der Waals surface area (Å²) in [6.07, 6.45) is 14.8. The van der Waals surface area contributed by atoms with E-state index in [0.29, 0.717) is 0 Å². The topological polar surface area (TPSA) is 80.3 Å². The van der Waals surface area contributed by atoms with Crippen molar-refractivity contribution in [2.24, 2.45) is 0 Å². The van der Waals surface area contributed by atoms with Crippen LogP contribution in [0.3, 0.4) is 0 Å². The first-order chi connectivity index (χ1) is 10.9. The van der Waals surface area contributed by atoms with Gasteiger partial charge in [-0.05, 0) is 13.8 Å². The number of rotatable bonds is 12. The fraction of sp³-hybridized carbons (Fsp3) is 0.889. The zero-order chi connectivity index (χ0) is 18.3. The number of carboxylic acids is 2. The van der Waals surface area contributed by atoms with Crippen LogP contribution in [0, 0.1) is 0 Å². The summed E-state index contributed by atoms with van der Waals surface area (Å²) in [6.45, 7) is 6.54. The Balaban J connectivity index is -0.000000413. The third-order valence-electron chi connectivity index (χ3n) is 2.91. The van der Waals surface area contributed by atoms with E-state index >= 15 is 0 Å². The molecule has 0 N–H and O–H groups in total. The predicted molar refractivity (Wildman–Crippen MR) is 94.2 cm³/mol. The van der Waals surface area contributed by atoms with Crippen molar-refractivity contribution in [2.45, 2.75) is 101 Å². The molecule has 0 fully saturated rings. The van der Waals surface area contributed by atoms with Crippen LogP contribution in [-0.4, -0.2) is 33.1 Å². The second-order valence-electron chi connectivity index (χ2n) is 5.56. The second-order valence-corrected chi connectivity index (χ2v) is 9.84. The molecule has 4 nitrogen and oxygen atoms in total. The fourth-order valence-corrected chi connectivity index (χ4v) is 5.40. The van der Waals surface area contributed by atoms with Crippen LogP contribution in [0.1, 0.15) is 91.9 Å². The molecule has 0 bridgehead atoms. The van der Waals surface area contributed by atoms with Gasteiger partial charge in [0.25, 0.3) is 0 Å². The van der Waals surface area contributed by atoms with Gasteiger partial charge in [-0.1, -0.05) is 0 Å². The molecule has 0 rings (SSSR count). The molecule has 136 valence electrons. The zero-order valence-electron chi connectivity index (χ0n) is 15.6. The van der Waals surface area contributed by atoms with Crippen LogP contribution < -0.4 is 10.2 Å². The molecule has 5 heteroatoms. The van der Waals surface area contributed by atoms with Gasteiger partial charge in [-0.2, -0.15) is 0 Å². The Kier molecular flexibility index (Phi) is 31.9. The van der Waals surface area contributed by atoms with Crippen LogP contribution in [-0.2, 0) is 9.59 Å². The van der Waals surface area contributed by atoms with E-state index < -0.39 is 11.9 Å². The van der Waals surface area contributed by atoms with Crippen LogP contribution in [0.15, 0.2) is 0 Å². The molecule has 0 saturated carbocycles. The SMILES string of the molecule is CC(=O)[O-].CC(=O)[O-].CCCCCC[CH2][Sn+2][CH2]CCCCCC. The van der Waals surface area contributed by atoms with E-state index in [1.165, 1.54) is 51.4 Å². The van der Waals surface area contributed by atoms with Gasteiger partial charge in [-0.25, -0.2) is 0 Å². The van der Waals surface area contributed by atoms with Gasteiger partial charge in [-0.3, -0.25) is 0 Å². The summed E-state index contributed by atoms with van der Waals surface area (Å²) in [6, 6.07) is 0. The Morgan fingerprint density at radius 3 is 1.17 bits per heavy atom. The molecule has 0 spiro atoms. The Morgan fingerprint density at radius 1 is 0.652 bits per heavy atom. The predicted octanol–water partition coefficient (Wildman–Crippen LogP) is 2.98. The first kappa shape index (κ1) is 27.6. The summed E-state index contributed by atoms with van der Waals surface area (Å²) in [7, 11) is 0. The molecule has 0 unspecified atom stereocenters. The molecule has 0 aromatic carbocycles. The summed E-state index contributed by atoms with van der Waals surface area (Å²) in [5.74, 6) is -2.17. The van der Waals surface area contributed by atoms with Crippen LogP contribution in [0.2, 0.25) is 8.87 Å². The number of carboxylic acid groups (broad SMARTS) is 2. The average Bonchev–Trinajstić information content (AvgIpc) is 2.43. The number of hydrogen-bond acceptors (Lipinski definition) is 4. The van der Waals surface area contributed by atoms with Gasteiger partial charge in [0.05, 0.1) is 0 Å². The molecular formula is C18H36O4Sn. The maximum absolute atomic E-state index is 8.89. The summed E-state index contributed by atoms with van der Waals surface area (Å²) >= 11 is 0.0871. The number of carbonyl (C=O) groups excluding carboxylic acids is 2. The molecular weight excluding hydrogens is 399 g/mol. The maximum atomic E-state index is 8.89. The molecule has 23 heavy (non-hydrogen) atoms. The molecule has 0 radical (unpaired) electrons. The molecule has 0 atom stereocenters. The van der Waals surface area contributed by atoms with Crippen LogP contribution in [0.5, 0.6) is 0 Å². The Morgan fingerprint density at radius 2 is 0.913 bits per heavy atom. The van der Waals surface area contributed by atoms with E-state index in [-0.39, 0.29) is 21.1 Å². The van der Waals surface area contributed by atoms with Crippen molar-refractivity contribution in [1.29, 1.82) is 0 Å². The third kappa shape index (κ3) is 61.5. The van der Waals surface area contributed by atoms with Crippen molar-refractivity contribution in [2.75, 3.05) is 0 Å². The van der Waals surface area contributed by atoms with Gasteiger partial charge >= 0.3 is 108 Å². The number of hydrogen-bond donors (Lipinski definition) is 0. The quantitative estimate of drug-likeness (QED) is 0.349. The first-order valence-corrected chi connectivity index (χ1v) is 13.0. The normalized spacial score (nSPS) is 8.87. The number of aliphatic carboxylic acids is 2. The summed E-state index contributed by atoms with van der Waals surface area (Å²) in [4.78, 5) is 17.8. The summed E-state index contributed by atoms with van der Waals surface area (Å²) < 4.78 is 3.31. The van der Waals surface area contributed by atoms with Crippen molar-refractivity contribution in [1.82, 2.24) is 0 Å². The molecule has 0 aromatic heterocycles. The van der Waals surface area contributed by atoms with E-state index in [4.69, 9.17) is 19.8 Å². The van der Waals surface area contributed by atoms with E-state index in [1.54, 1.807) is 21.7 Å². The monoisotopic (exact) mass is 436 g/mol. The number of unbranched alkanes of at least 4 members (excludes halogenated alkanes) is 8. The van der Waals surface area contributed by atoms with Crippen molar-refractivity contribution >= 4 is 33.1 Å². The van der Waals surface area contributed by atoms with Crippen molar-refractivity contribution < 1.29 is 19.8 Å². The Hall–Kier alpha value is -0.261. The molecule has 0 aromatic rings. The molecule has 0 amide bonds. The minimum atomic E-state index is -1.08. The molecule has 0 aliphatic rings.